The second-order valence-corrected chi connectivity index (χ2v) is 9.67. The molecule has 1 fully saturated rings. The largest absolute Gasteiger partial charge is 0.493 e. The topological polar surface area (TPSA) is 119 Å². The van der Waals surface area contributed by atoms with Crippen LogP contribution in [0.3, 0.4) is 0 Å². The Morgan fingerprint density at radius 3 is 2.62 bits per heavy atom. The van der Waals surface area contributed by atoms with E-state index in [0.29, 0.717) is 29.2 Å². The Morgan fingerprint density at radius 2 is 1.82 bits per heavy atom. The predicted octanol–water partition coefficient (Wildman–Crippen LogP) is 3.15. The van der Waals surface area contributed by atoms with Crippen LogP contribution in [0.25, 0.3) is 11.0 Å². The van der Waals surface area contributed by atoms with Gasteiger partial charge in [-0.15, -0.1) is 0 Å². The van der Waals surface area contributed by atoms with Crippen molar-refractivity contribution in [2.45, 2.75) is 18.7 Å². The summed E-state index contributed by atoms with van der Waals surface area (Å²) in [5, 5.41) is 6.67. The highest BCUT2D eigenvalue weighted by Crippen LogP contribution is 2.29. The number of para-hydroxylation sites is 1. The molecule has 4 aromatic rings. The van der Waals surface area contributed by atoms with Gasteiger partial charge in [0.2, 0.25) is 0 Å². The molecule has 0 aliphatic carbocycles. The molecule has 0 unspecified atom stereocenters. The Kier molecular flexibility index (Phi) is 6.73. The van der Waals surface area contributed by atoms with Gasteiger partial charge in [-0.05, 0) is 48.0 Å². The van der Waals surface area contributed by atoms with Crippen molar-refractivity contribution in [3.63, 3.8) is 0 Å². The van der Waals surface area contributed by atoms with E-state index in [2.05, 4.69) is 10.6 Å². The normalized spacial score (nSPS) is 19.2. The summed E-state index contributed by atoms with van der Waals surface area (Å²) in [5.74, 6) is 0.483. The highest BCUT2D eigenvalue weighted by Gasteiger charge is 2.39. The smallest absolute Gasteiger partial charge is 0.289 e. The minimum absolute atomic E-state index is 0.225. The van der Waals surface area contributed by atoms with Crippen LogP contribution in [0.5, 0.6) is 17.2 Å². The maximum atomic E-state index is 13.4. The molecule has 2 N–H and O–H groups in total. The molecule has 3 aliphatic heterocycles. The minimum atomic E-state index is -0.521. The van der Waals surface area contributed by atoms with Crippen LogP contribution >= 0.6 is 0 Å². The average Bonchev–Trinajstić information content (AvgIpc) is 3.59. The van der Waals surface area contributed by atoms with E-state index < -0.39 is 12.1 Å². The molecule has 10 heteroatoms. The van der Waals surface area contributed by atoms with Crippen molar-refractivity contribution < 1.29 is 33.0 Å². The van der Waals surface area contributed by atoms with Gasteiger partial charge in [0.1, 0.15) is 17.4 Å². The third kappa shape index (κ3) is 5.15. The molecule has 204 valence electrons. The van der Waals surface area contributed by atoms with Gasteiger partial charge in [0.05, 0.1) is 19.7 Å². The van der Waals surface area contributed by atoms with E-state index in [1.165, 1.54) is 13.2 Å². The number of methoxy groups -OCH3 is 1. The zero-order valence-corrected chi connectivity index (χ0v) is 21.7. The predicted molar refractivity (Wildman–Crippen MR) is 145 cm³/mol. The number of likely N-dealkylation sites (tertiary alicyclic amines) is 1. The number of amides is 3. The van der Waals surface area contributed by atoms with Gasteiger partial charge in [0, 0.05) is 24.0 Å². The molecule has 4 heterocycles. The number of hydrogen-bond donors (Lipinski definition) is 2. The molecular weight excluding hydrogens is 514 g/mol. The van der Waals surface area contributed by atoms with Crippen molar-refractivity contribution in [1.82, 2.24) is 15.5 Å². The summed E-state index contributed by atoms with van der Waals surface area (Å²) < 4.78 is 23.1. The molecule has 2 atom stereocenters. The van der Waals surface area contributed by atoms with Crippen LogP contribution in [0.4, 0.5) is 0 Å². The van der Waals surface area contributed by atoms with Gasteiger partial charge in [-0.25, -0.2) is 0 Å². The van der Waals surface area contributed by atoms with Crippen molar-refractivity contribution in [2.24, 2.45) is 0 Å². The van der Waals surface area contributed by atoms with Gasteiger partial charge < -0.3 is 34.2 Å². The van der Waals surface area contributed by atoms with Crippen molar-refractivity contribution >= 4 is 28.7 Å². The number of furan rings is 1. The Bertz CT molecular complexity index is 1550. The summed E-state index contributed by atoms with van der Waals surface area (Å²) >= 11 is 0. The number of hydrogen-bond acceptors (Lipinski definition) is 7. The Balaban J connectivity index is 1.30. The first kappa shape index (κ1) is 25.3. The number of fused-ring (bicyclic) bond motifs is 8. The molecule has 7 rings (SSSR count). The molecule has 3 amide bonds. The summed E-state index contributed by atoms with van der Waals surface area (Å²) in [6.07, 6.45) is -0.521. The van der Waals surface area contributed by atoms with Crippen LogP contribution in [0.2, 0.25) is 0 Å². The van der Waals surface area contributed by atoms with E-state index in [-0.39, 0.29) is 48.9 Å². The van der Waals surface area contributed by atoms with Crippen LogP contribution in [0.1, 0.15) is 26.5 Å². The van der Waals surface area contributed by atoms with Crippen molar-refractivity contribution in [1.29, 1.82) is 0 Å². The SMILES string of the molecule is COc1ccc2cc1OCC(=O)NCc1ccc(cc1)O[C@H]1CN(C(=O)c3cc4ccccc4o3)C[C@@H]1NC2=O. The van der Waals surface area contributed by atoms with E-state index in [9.17, 15) is 14.4 Å². The fourth-order valence-electron chi connectivity index (χ4n) is 4.88. The van der Waals surface area contributed by atoms with E-state index >= 15 is 0 Å². The maximum absolute atomic E-state index is 13.4. The summed E-state index contributed by atoms with van der Waals surface area (Å²) in [6.45, 7) is 0.537. The second kappa shape index (κ2) is 10.6. The Labute approximate surface area is 229 Å². The van der Waals surface area contributed by atoms with Crippen LogP contribution in [-0.4, -0.2) is 61.6 Å². The van der Waals surface area contributed by atoms with E-state index in [0.717, 1.165) is 10.9 Å². The first-order valence-electron chi connectivity index (χ1n) is 12.9. The molecule has 0 radical (unpaired) electrons. The lowest BCUT2D eigenvalue weighted by Gasteiger charge is -2.21. The molecule has 3 aromatic carbocycles. The second-order valence-electron chi connectivity index (χ2n) is 9.67. The highest BCUT2D eigenvalue weighted by molar-refractivity contribution is 5.97. The molecule has 10 nitrogen and oxygen atoms in total. The summed E-state index contributed by atoms with van der Waals surface area (Å²) in [4.78, 5) is 40.7. The zero-order chi connectivity index (χ0) is 27.6. The average molecular weight is 542 g/mol. The first-order valence-corrected chi connectivity index (χ1v) is 12.9. The number of nitrogens with zero attached hydrogens (tertiary/aromatic N) is 1. The summed E-state index contributed by atoms with van der Waals surface area (Å²) in [7, 11) is 1.48. The molecule has 0 spiro atoms. The lowest BCUT2D eigenvalue weighted by Crippen LogP contribution is -2.45. The van der Waals surface area contributed by atoms with Crippen LogP contribution in [0.15, 0.2) is 77.2 Å². The molecule has 3 aliphatic rings. The number of carbonyl (C=O) groups is 3. The third-order valence-corrected chi connectivity index (χ3v) is 6.99. The van der Waals surface area contributed by atoms with E-state index in [1.807, 2.05) is 36.4 Å². The van der Waals surface area contributed by atoms with Gasteiger partial charge in [0.25, 0.3) is 17.7 Å². The summed E-state index contributed by atoms with van der Waals surface area (Å²) in [6, 6.07) is 20.7. The van der Waals surface area contributed by atoms with Gasteiger partial charge in [-0.3, -0.25) is 14.4 Å². The van der Waals surface area contributed by atoms with Gasteiger partial charge in [-0.2, -0.15) is 0 Å². The lowest BCUT2D eigenvalue weighted by atomic mass is 10.1. The highest BCUT2D eigenvalue weighted by atomic mass is 16.5. The van der Waals surface area contributed by atoms with Gasteiger partial charge in [-0.1, -0.05) is 30.3 Å². The number of carbonyl (C=O) groups excluding carboxylic acids is 3. The number of nitrogens with one attached hydrogen (secondary N) is 2. The number of ether oxygens (including phenoxy) is 3. The first-order chi connectivity index (χ1) is 19.5. The van der Waals surface area contributed by atoms with Crippen LogP contribution in [-0.2, 0) is 11.3 Å². The molecule has 4 bridgehead atoms. The van der Waals surface area contributed by atoms with Gasteiger partial charge in [0.15, 0.2) is 23.9 Å². The van der Waals surface area contributed by atoms with E-state index in [4.69, 9.17) is 18.6 Å². The molecule has 40 heavy (non-hydrogen) atoms. The van der Waals surface area contributed by atoms with E-state index in [1.54, 1.807) is 35.2 Å². The van der Waals surface area contributed by atoms with Crippen molar-refractivity contribution in [2.75, 3.05) is 26.8 Å². The van der Waals surface area contributed by atoms with Gasteiger partial charge >= 0.3 is 0 Å². The molecular formula is C30H27N3O7. The fraction of sp³-hybridized carbons (Fsp3) is 0.233. The lowest BCUT2D eigenvalue weighted by molar-refractivity contribution is -0.123. The number of benzene rings is 3. The third-order valence-electron chi connectivity index (χ3n) is 6.99. The summed E-state index contributed by atoms with van der Waals surface area (Å²) in [5.41, 5.74) is 1.82. The number of rotatable bonds is 2. The molecule has 1 aromatic heterocycles. The van der Waals surface area contributed by atoms with Crippen molar-refractivity contribution in [3.05, 3.63) is 89.7 Å². The quantitative estimate of drug-likeness (QED) is 0.400. The fourth-order valence-corrected chi connectivity index (χ4v) is 4.88. The van der Waals surface area contributed by atoms with Crippen LogP contribution < -0.4 is 24.8 Å². The Morgan fingerprint density at radius 1 is 1.00 bits per heavy atom. The van der Waals surface area contributed by atoms with Crippen molar-refractivity contribution in [3.8, 4) is 17.2 Å². The maximum Gasteiger partial charge on any atom is 0.289 e. The van der Waals surface area contributed by atoms with Crippen LogP contribution in [0, 0.1) is 0 Å². The zero-order valence-electron chi connectivity index (χ0n) is 21.7. The minimum Gasteiger partial charge on any atom is -0.493 e. The molecule has 0 saturated carbocycles. The molecule has 1 saturated heterocycles. The standard InChI is InChI=1S/C30H27N3O7/c1-37-24-11-8-20-13-25(24)38-17-28(34)31-14-18-6-9-21(10-7-18)39-27-16-33(15-22(27)32-29(20)35)30(36)26-12-19-4-2-3-5-23(19)40-26/h2-13,22,27H,14-17H2,1H3,(H,31,34)(H,32,35)/t22-,27-/m0/s1. The monoisotopic (exact) mass is 541 g/mol. The Hall–Kier alpha value is -4.99.